The van der Waals surface area contributed by atoms with Crippen LogP contribution in [0.25, 0.3) is 0 Å². The molecule has 3 nitrogen and oxygen atoms in total. The average Bonchev–Trinajstić information content (AvgIpc) is 2.48. The van der Waals surface area contributed by atoms with Crippen LogP contribution in [-0.2, 0) is 4.74 Å². The maximum Gasteiger partial charge on any atom is 0.0589 e. The van der Waals surface area contributed by atoms with Gasteiger partial charge in [-0.1, -0.05) is 26.7 Å². The van der Waals surface area contributed by atoms with Crippen molar-refractivity contribution in [2.75, 3.05) is 27.3 Å². The van der Waals surface area contributed by atoms with Crippen molar-refractivity contribution in [2.45, 2.75) is 77.4 Å². The van der Waals surface area contributed by atoms with Crippen molar-refractivity contribution in [1.82, 2.24) is 10.2 Å². The zero-order chi connectivity index (χ0) is 15.0. The quantitative estimate of drug-likeness (QED) is 0.703. The van der Waals surface area contributed by atoms with Gasteiger partial charge in [-0.15, -0.1) is 0 Å². The summed E-state index contributed by atoms with van der Waals surface area (Å²) < 4.78 is 5.34. The van der Waals surface area contributed by atoms with E-state index < -0.39 is 0 Å². The highest BCUT2D eigenvalue weighted by molar-refractivity contribution is 4.92. The molecule has 1 fully saturated rings. The normalized spacial score (nSPS) is 28.8. The number of likely N-dealkylation sites (N-methyl/N-ethyl adjacent to an activating group) is 1. The van der Waals surface area contributed by atoms with Gasteiger partial charge in [-0.05, 0) is 45.6 Å². The summed E-state index contributed by atoms with van der Waals surface area (Å²) in [5.41, 5.74) is 0. The first kappa shape index (κ1) is 17.9. The van der Waals surface area contributed by atoms with E-state index in [1.165, 1.54) is 38.5 Å². The van der Waals surface area contributed by atoms with Crippen molar-refractivity contribution in [2.24, 2.45) is 5.92 Å². The first-order chi connectivity index (χ1) is 9.67. The third kappa shape index (κ3) is 5.01. The van der Waals surface area contributed by atoms with Crippen molar-refractivity contribution in [3.63, 3.8) is 0 Å². The molecule has 0 heterocycles. The topological polar surface area (TPSA) is 24.5 Å². The molecule has 1 aliphatic rings. The van der Waals surface area contributed by atoms with Gasteiger partial charge in [-0.3, -0.25) is 4.90 Å². The molecule has 120 valence electrons. The molecular formula is C17H36N2O. The van der Waals surface area contributed by atoms with E-state index >= 15 is 0 Å². The van der Waals surface area contributed by atoms with Gasteiger partial charge in [0, 0.05) is 31.8 Å². The summed E-state index contributed by atoms with van der Waals surface area (Å²) in [6.07, 6.45) is 8.01. The average molecular weight is 284 g/mol. The van der Waals surface area contributed by atoms with Crippen molar-refractivity contribution in [1.29, 1.82) is 0 Å². The van der Waals surface area contributed by atoms with Crippen LogP contribution in [0.3, 0.4) is 0 Å². The van der Waals surface area contributed by atoms with Crippen LogP contribution < -0.4 is 5.32 Å². The molecule has 4 unspecified atom stereocenters. The van der Waals surface area contributed by atoms with Crippen LogP contribution in [0, 0.1) is 5.92 Å². The maximum absolute atomic E-state index is 5.34. The maximum atomic E-state index is 5.34. The first-order valence-electron chi connectivity index (χ1n) is 8.59. The van der Waals surface area contributed by atoms with Gasteiger partial charge in [-0.2, -0.15) is 0 Å². The highest BCUT2D eigenvalue weighted by atomic mass is 16.5. The number of hydrogen-bond donors (Lipinski definition) is 1. The second-order valence-electron chi connectivity index (χ2n) is 6.42. The zero-order valence-electron chi connectivity index (χ0n) is 14.3. The Labute approximate surface area is 126 Å². The molecule has 0 amide bonds. The lowest BCUT2D eigenvalue weighted by molar-refractivity contribution is 0.0406. The van der Waals surface area contributed by atoms with E-state index in [1.54, 1.807) is 0 Å². The predicted octanol–water partition coefficient (Wildman–Crippen LogP) is 3.29. The number of ether oxygens (including phenoxy) is 1. The standard InChI is InChI=1S/C17H36N2O/c1-6-8-15-9-10-16(18-4)17(13-15)19(11-12-20-5)14(3)7-2/h14-18H,6-13H2,1-5H3. The molecule has 20 heavy (non-hydrogen) atoms. The lowest BCUT2D eigenvalue weighted by Crippen LogP contribution is -2.55. The Bertz CT molecular complexity index is 247. The fraction of sp³-hybridized carbons (Fsp3) is 1.00. The van der Waals surface area contributed by atoms with Gasteiger partial charge in [-0.25, -0.2) is 0 Å². The van der Waals surface area contributed by atoms with Crippen molar-refractivity contribution < 1.29 is 4.74 Å². The van der Waals surface area contributed by atoms with Crippen LogP contribution in [0.1, 0.15) is 59.3 Å². The van der Waals surface area contributed by atoms with E-state index in [4.69, 9.17) is 4.74 Å². The van der Waals surface area contributed by atoms with E-state index in [0.717, 1.165) is 19.1 Å². The van der Waals surface area contributed by atoms with Crippen LogP contribution >= 0.6 is 0 Å². The second kappa shape index (κ2) is 9.75. The van der Waals surface area contributed by atoms with Gasteiger partial charge in [0.05, 0.1) is 6.61 Å². The monoisotopic (exact) mass is 284 g/mol. The van der Waals surface area contributed by atoms with E-state index in [0.29, 0.717) is 18.1 Å². The van der Waals surface area contributed by atoms with Crippen LogP contribution in [-0.4, -0.2) is 50.3 Å². The highest BCUT2D eigenvalue weighted by Crippen LogP contribution is 2.32. The van der Waals surface area contributed by atoms with Crippen LogP contribution in [0.5, 0.6) is 0 Å². The Balaban J connectivity index is 2.75. The summed E-state index contributed by atoms with van der Waals surface area (Å²) in [7, 11) is 3.94. The van der Waals surface area contributed by atoms with Crippen molar-refractivity contribution >= 4 is 0 Å². The number of nitrogens with one attached hydrogen (secondary N) is 1. The van der Waals surface area contributed by atoms with E-state index in [2.05, 4.69) is 38.0 Å². The molecule has 0 spiro atoms. The van der Waals surface area contributed by atoms with Gasteiger partial charge in [0.25, 0.3) is 0 Å². The molecule has 3 heteroatoms. The third-order valence-electron chi connectivity index (χ3n) is 5.13. The molecule has 0 aromatic carbocycles. The highest BCUT2D eigenvalue weighted by Gasteiger charge is 2.34. The van der Waals surface area contributed by atoms with E-state index in [9.17, 15) is 0 Å². The molecular weight excluding hydrogens is 248 g/mol. The summed E-state index contributed by atoms with van der Waals surface area (Å²) >= 11 is 0. The van der Waals surface area contributed by atoms with E-state index in [1.807, 2.05) is 7.11 Å². The van der Waals surface area contributed by atoms with Gasteiger partial charge in [0.1, 0.15) is 0 Å². The Morgan fingerprint density at radius 1 is 1.30 bits per heavy atom. The Morgan fingerprint density at radius 3 is 2.60 bits per heavy atom. The second-order valence-corrected chi connectivity index (χ2v) is 6.42. The summed E-state index contributed by atoms with van der Waals surface area (Å²) in [6, 6.07) is 1.97. The summed E-state index contributed by atoms with van der Waals surface area (Å²) in [5, 5.41) is 3.57. The molecule has 1 aliphatic carbocycles. The number of hydrogen-bond acceptors (Lipinski definition) is 3. The van der Waals surface area contributed by atoms with E-state index in [-0.39, 0.29) is 0 Å². The lowest BCUT2D eigenvalue weighted by Gasteiger charge is -2.45. The van der Waals surface area contributed by atoms with Gasteiger partial charge >= 0.3 is 0 Å². The molecule has 1 N–H and O–H groups in total. The minimum Gasteiger partial charge on any atom is -0.383 e. The fourth-order valence-electron chi connectivity index (χ4n) is 3.75. The zero-order valence-corrected chi connectivity index (χ0v) is 14.3. The largest absolute Gasteiger partial charge is 0.383 e. The molecule has 0 aromatic heterocycles. The smallest absolute Gasteiger partial charge is 0.0589 e. The SMILES string of the molecule is CCCC1CCC(NC)C(N(CCOC)C(C)CC)C1. The Morgan fingerprint density at radius 2 is 2.05 bits per heavy atom. The Hall–Kier alpha value is -0.120. The van der Waals surface area contributed by atoms with Crippen LogP contribution in [0.4, 0.5) is 0 Å². The fourth-order valence-corrected chi connectivity index (χ4v) is 3.75. The minimum atomic E-state index is 0.645. The number of nitrogens with zero attached hydrogens (tertiary/aromatic N) is 1. The lowest BCUT2D eigenvalue weighted by atomic mass is 9.79. The summed E-state index contributed by atoms with van der Waals surface area (Å²) in [6.45, 7) is 8.89. The van der Waals surface area contributed by atoms with Gasteiger partial charge in [0.15, 0.2) is 0 Å². The molecule has 1 rings (SSSR count). The molecule has 0 aliphatic heterocycles. The molecule has 0 radical (unpaired) electrons. The number of rotatable bonds is 9. The van der Waals surface area contributed by atoms with Crippen molar-refractivity contribution in [3.8, 4) is 0 Å². The Kier molecular flexibility index (Phi) is 8.74. The summed E-state index contributed by atoms with van der Waals surface area (Å²) in [4.78, 5) is 2.70. The minimum absolute atomic E-state index is 0.645. The molecule has 1 saturated carbocycles. The predicted molar refractivity (Wildman–Crippen MR) is 87.2 cm³/mol. The van der Waals surface area contributed by atoms with Crippen LogP contribution in [0.2, 0.25) is 0 Å². The molecule has 4 atom stereocenters. The van der Waals surface area contributed by atoms with Crippen LogP contribution in [0.15, 0.2) is 0 Å². The number of methoxy groups -OCH3 is 1. The summed E-state index contributed by atoms with van der Waals surface area (Å²) in [5.74, 6) is 0.920. The van der Waals surface area contributed by atoms with Gasteiger partial charge in [0.2, 0.25) is 0 Å². The molecule has 0 bridgehead atoms. The van der Waals surface area contributed by atoms with Gasteiger partial charge < -0.3 is 10.1 Å². The van der Waals surface area contributed by atoms with Crippen molar-refractivity contribution in [3.05, 3.63) is 0 Å². The molecule has 0 aromatic rings. The first-order valence-corrected chi connectivity index (χ1v) is 8.59. The molecule has 0 saturated heterocycles. The third-order valence-corrected chi connectivity index (χ3v) is 5.13.